The summed E-state index contributed by atoms with van der Waals surface area (Å²) in [5.74, 6) is 0.0242. The van der Waals surface area contributed by atoms with E-state index in [1.807, 2.05) is 11.0 Å². The summed E-state index contributed by atoms with van der Waals surface area (Å²) in [7, 11) is 0. The molecule has 0 unspecified atom stereocenters. The predicted octanol–water partition coefficient (Wildman–Crippen LogP) is 1.97. The third kappa shape index (κ3) is 1.96. The van der Waals surface area contributed by atoms with Crippen LogP contribution in [0, 0.1) is 0 Å². The fourth-order valence-corrected chi connectivity index (χ4v) is 2.44. The molecule has 0 aromatic carbocycles. The van der Waals surface area contributed by atoms with E-state index in [0.29, 0.717) is 5.69 Å². The highest BCUT2D eigenvalue weighted by Crippen LogP contribution is 2.18. The first-order valence-electron chi connectivity index (χ1n) is 6.43. The van der Waals surface area contributed by atoms with Gasteiger partial charge in [-0.3, -0.25) is 14.9 Å². The quantitative estimate of drug-likeness (QED) is 0.834. The van der Waals surface area contributed by atoms with Crippen LogP contribution >= 0.6 is 0 Å². The molecule has 0 saturated carbocycles. The zero-order valence-corrected chi connectivity index (χ0v) is 10.2. The highest BCUT2D eigenvalue weighted by Gasteiger charge is 2.21. The average Bonchev–Trinajstić information content (AvgIpc) is 2.65. The minimum absolute atomic E-state index is 0.0242. The molecular formula is C13H16N4O. The standard InChI is InChI=1S/C13H16N4O/c18-13(17-7-3-1-2-4-8-17)12-10-9-14-6-5-11(10)15-16-12/h5-6,9H,1-4,7-8H2,(H,15,16). The van der Waals surface area contributed by atoms with Crippen LogP contribution in [0.3, 0.4) is 0 Å². The summed E-state index contributed by atoms with van der Waals surface area (Å²) in [5, 5.41) is 7.84. The van der Waals surface area contributed by atoms with Crippen molar-refractivity contribution in [1.82, 2.24) is 20.1 Å². The molecule has 0 bridgehead atoms. The summed E-state index contributed by atoms with van der Waals surface area (Å²) in [6.45, 7) is 1.68. The van der Waals surface area contributed by atoms with Crippen LogP contribution in [0.2, 0.25) is 0 Å². The molecular weight excluding hydrogens is 228 g/mol. The number of pyridine rings is 1. The summed E-state index contributed by atoms with van der Waals surface area (Å²) >= 11 is 0. The molecule has 2 aromatic rings. The predicted molar refractivity (Wildman–Crippen MR) is 68.3 cm³/mol. The number of fused-ring (bicyclic) bond motifs is 1. The number of aromatic nitrogens is 3. The van der Waals surface area contributed by atoms with Crippen molar-refractivity contribution in [1.29, 1.82) is 0 Å². The van der Waals surface area contributed by atoms with Crippen LogP contribution in [0.25, 0.3) is 10.9 Å². The van der Waals surface area contributed by atoms with Crippen LogP contribution in [0.4, 0.5) is 0 Å². The monoisotopic (exact) mass is 244 g/mol. The van der Waals surface area contributed by atoms with Crippen molar-refractivity contribution < 1.29 is 4.79 Å². The van der Waals surface area contributed by atoms with E-state index in [9.17, 15) is 4.79 Å². The Morgan fingerprint density at radius 2 is 2.00 bits per heavy atom. The molecule has 1 fully saturated rings. The second-order valence-electron chi connectivity index (χ2n) is 4.70. The highest BCUT2D eigenvalue weighted by atomic mass is 16.2. The van der Waals surface area contributed by atoms with Crippen molar-refractivity contribution in [3.63, 3.8) is 0 Å². The van der Waals surface area contributed by atoms with Gasteiger partial charge < -0.3 is 4.90 Å². The lowest BCUT2D eigenvalue weighted by atomic mass is 10.2. The van der Waals surface area contributed by atoms with E-state index in [-0.39, 0.29) is 5.91 Å². The maximum absolute atomic E-state index is 12.4. The molecule has 94 valence electrons. The molecule has 1 saturated heterocycles. The first-order chi connectivity index (χ1) is 8.86. The van der Waals surface area contributed by atoms with Gasteiger partial charge in [0.25, 0.3) is 5.91 Å². The number of nitrogens with zero attached hydrogens (tertiary/aromatic N) is 3. The normalized spacial score (nSPS) is 16.8. The zero-order chi connectivity index (χ0) is 12.4. The van der Waals surface area contributed by atoms with Gasteiger partial charge in [0.1, 0.15) is 0 Å². The molecule has 0 radical (unpaired) electrons. The van der Waals surface area contributed by atoms with Gasteiger partial charge in [0.15, 0.2) is 5.69 Å². The minimum Gasteiger partial charge on any atom is -0.337 e. The Morgan fingerprint density at radius 3 is 2.78 bits per heavy atom. The van der Waals surface area contributed by atoms with Gasteiger partial charge in [-0.05, 0) is 18.9 Å². The zero-order valence-electron chi connectivity index (χ0n) is 10.2. The van der Waals surface area contributed by atoms with Crippen molar-refractivity contribution in [2.45, 2.75) is 25.7 Å². The molecule has 3 rings (SSSR count). The Bertz CT molecular complexity index is 555. The number of amides is 1. The molecule has 0 atom stereocenters. The van der Waals surface area contributed by atoms with Crippen LogP contribution in [-0.4, -0.2) is 39.1 Å². The SMILES string of the molecule is O=C(c1n[nH]c2ccncc12)N1CCCCCC1. The fraction of sp³-hybridized carbons (Fsp3) is 0.462. The number of hydrogen-bond donors (Lipinski definition) is 1. The van der Waals surface area contributed by atoms with Gasteiger partial charge in [0.05, 0.1) is 10.9 Å². The number of carbonyl (C=O) groups excluding carboxylic acids is 1. The number of aromatic amines is 1. The van der Waals surface area contributed by atoms with Gasteiger partial charge in [-0.1, -0.05) is 12.8 Å². The summed E-state index contributed by atoms with van der Waals surface area (Å²) < 4.78 is 0. The fourth-order valence-electron chi connectivity index (χ4n) is 2.44. The smallest absolute Gasteiger partial charge is 0.275 e. The number of H-pyrrole nitrogens is 1. The van der Waals surface area contributed by atoms with Crippen molar-refractivity contribution in [2.75, 3.05) is 13.1 Å². The lowest BCUT2D eigenvalue weighted by Crippen LogP contribution is -2.32. The number of hydrogen-bond acceptors (Lipinski definition) is 3. The summed E-state index contributed by atoms with van der Waals surface area (Å²) in [6, 6.07) is 1.83. The van der Waals surface area contributed by atoms with Gasteiger partial charge >= 0.3 is 0 Å². The van der Waals surface area contributed by atoms with E-state index in [4.69, 9.17) is 0 Å². The second-order valence-corrected chi connectivity index (χ2v) is 4.70. The molecule has 1 amide bonds. The molecule has 5 nitrogen and oxygen atoms in total. The first-order valence-corrected chi connectivity index (χ1v) is 6.43. The van der Waals surface area contributed by atoms with Crippen LogP contribution in [0.1, 0.15) is 36.2 Å². The Hall–Kier alpha value is -1.91. The van der Waals surface area contributed by atoms with E-state index >= 15 is 0 Å². The Balaban J connectivity index is 1.91. The van der Waals surface area contributed by atoms with Gasteiger partial charge in [-0.15, -0.1) is 0 Å². The van der Waals surface area contributed by atoms with Gasteiger partial charge in [-0.2, -0.15) is 5.10 Å². The van der Waals surface area contributed by atoms with Gasteiger partial charge in [0, 0.05) is 25.5 Å². The third-order valence-corrected chi connectivity index (χ3v) is 3.46. The van der Waals surface area contributed by atoms with Crippen molar-refractivity contribution >= 4 is 16.8 Å². The number of nitrogens with one attached hydrogen (secondary N) is 1. The van der Waals surface area contributed by atoms with Crippen LogP contribution in [0.15, 0.2) is 18.5 Å². The third-order valence-electron chi connectivity index (χ3n) is 3.46. The van der Waals surface area contributed by atoms with E-state index in [0.717, 1.165) is 36.8 Å². The molecule has 0 aliphatic carbocycles. The molecule has 1 aliphatic heterocycles. The minimum atomic E-state index is 0.0242. The summed E-state index contributed by atoms with van der Waals surface area (Å²) in [6.07, 6.45) is 8.00. The van der Waals surface area contributed by atoms with Crippen molar-refractivity contribution in [2.24, 2.45) is 0 Å². The number of rotatable bonds is 1. The maximum Gasteiger partial charge on any atom is 0.275 e. The maximum atomic E-state index is 12.4. The van der Waals surface area contributed by atoms with Gasteiger partial charge in [-0.25, -0.2) is 0 Å². The molecule has 1 N–H and O–H groups in total. The largest absolute Gasteiger partial charge is 0.337 e. The number of carbonyl (C=O) groups is 1. The van der Waals surface area contributed by atoms with Crippen molar-refractivity contribution in [3.8, 4) is 0 Å². The molecule has 5 heteroatoms. The molecule has 3 heterocycles. The van der Waals surface area contributed by atoms with E-state index in [2.05, 4.69) is 15.2 Å². The Kier molecular flexibility index (Phi) is 2.96. The van der Waals surface area contributed by atoms with E-state index in [1.165, 1.54) is 12.8 Å². The summed E-state index contributed by atoms with van der Waals surface area (Å²) in [5.41, 5.74) is 1.36. The Labute approximate surface area is 105 Å². The van der Waals surface area contributed by atoms with Crippen LogP contribution < -0.4 is 0 Å². The number of likely N-dealkylation sites (tertiary alicyclic amines) is 1. The Morgan fingerprint density at radius 1 is 1.22 bits per heavy atom. The first kappa shape index (κ1) is 11.2. The van der Waals surface area contributed by atoms with E-state index in [1.54, 1.807) is 12.4 Å². The molecule has 0 spiro atoms. The van der Waals surface area contributed by atoms with E-state index < -0.39 is 0 Å². The molecule has 2 aromatic heterocycles. The highest BCUT2D eigenvalue weighted by molar-refractivity contribution is 6.04. The second kappa shape index (κ2) is 4.76. The van der Waals surface area contributed by atoms with Crippen LogP contribution in [-0.2, 0) is 0 Å². The molecule has 1 aliphatic rings. The topological polar surface area (TPSA) is 61.9 Å². The molecule has 18 heavy (non-hydrogen) atoms. The summed E-state index contributed by atoms with van der Waals surface area (Å²) in [4.78, 5) is 18.4. The van der Waals surface area contributed by atoms with Crippen LogP contribution in [0.5, 0.6) is 0 Å². The lowest BCUT2D eigenvalue weighted by molar-refractivity contribution is 0.0757. The van der Waals surface area contributed by atoms with Gasteiger partial charge in [0.2, 0.25) is 0 Å². The lowest BCUT2D eigenvalue weighted by Gasteiger charge is -2.18. The van der Waals surface area contributed by atoms with Crippen molar-refractivity contribution in [3.05, 3.63) is 24.2 Å². The average molecular weight is 244 g/mol.